The molecule has 1 aromatic heterocycles. The molecule has 0 bridgehead atoms. The van der Waals surface area contributed by atoms with E-state index in [9.17, 15) is 0 Å². The van der Waals surface area contributed by atoms with Crippen LogP contribution >= 0.6 is 37.9 Å². The van der Waals surface area contributed by atoms with Gasteiger partial charge in [-0.05, 0) is 40.0 Å². The van der Waals surface area contributed by atoms with Crippen molar-refractivity contribution < 1.29 is 19.6 Å². The van der Waals surface area contributed by atoms with Crippen molar-refractivity contribution in [2.75, 3.05) is 0 Å². The zero-order chi connectivity index (χ0) is 13.3. The summed E-state index contributed by atoms with van der Waals surface area (Å²) in [6, 6.07) is 10.3. The molecule has 0 atom stereocenters. The predicted octanol–water partition coefficient (Wildman–Crippen LogP) is 3.04. The largest absolute Gasteiger partial charge is 0.361 e. The summed E-state index contributed by atoms with van der Waals surface area (Å²) >= 11 is 8.90. The van der Waals surface area contributed by atoms with E-state index in [1.54, 1.807) is 0 Å². The van der Waals surface area contributed by atoms with Gasteiger partial charge in [0.15, 0.2) is 0 Å². The number of fused-ring (bicyclic) bond motifs is 1. The number of hydrogen-bond donors (Lipinski definition) is 5. The van der Waals surface area contributed by atoms with Crippen LogP contribution in [-0.2, 0) is 0 Å². The van der Waals surface area contributed by atoms with E-state index >= 15 is 0 Å². The van der Waals surface area contributed by atoms with E-state index < -0.39 is 15.5 Å². The van der Waals surface area contributed by atoms with Crippen molar-refractivity contribution in [3.63, 3.8) is 0 Å². The molecule has 0 saturated heterocycles. The first-order valence-electron chi connectivity index (χ1n) is 4.13. The van der Waals surface area contributed by atoms with Crippen LogP contribution in [0.4, 0.5) is 0 Å². The van der Waals surface area contributed by atoms with Crippen LogP contribution in [0.1, 0.15) is 0 Å². The van der Waals surface area contributed by atoms with Crippen LogP contribution in [0.3, 0.4) is 0 Å². The molecule has 0 aliphatic carbocycles. The maximum Gasteiger partial charge on any atom is 0.271 e. The highest BCUT2D eigenvalue weighted by atomic mass is 35.7. The number of para-hydroxylation sites is 1. The first kappa shape index (κ1) is 17.0. The van der Waals surface area contributed by atoms with Gasteiger partial charge in [0.2, 0.25) is 0 Å². The third-order valence-corrected chi connectivity index (χ3v) is 1.46. The van der Waals surface area contributed by atoms with E-state index in [1.807, 2.05) is 18.3 Å². The number of hydrogen-bond acceptors (Lipinski definition) is 4. The third kappa shape index (κ3) is 10.9. The molecule has 96 valence electrons. The highest BCUT2D eigenvalue weighted by molar-refractivity contribution is 7.74. The molecule has 0 fully saturated rings. The van der Waals surface area contributed by atoms with Crippen LogP contribution in [0.2, 0.25) is 0 Å². The molecule has 5 nitrogen and oxygen atoms in total. The SMILES string of the molecule is OP(O)Cl.OP(O)Cl.c1ccc2[nH]ccc2c1. The van der Waals surface area contributed by atoms with Crippen LogP contribution in [-0.4, -0.2) is 24.6 Å². The van der Waals surface area contributed by atoms with E-state index in [0.717, 1.165) is 0 Å². The highest BCUT2D eigenvalue weighted by Gasteiger charge is 1.86. The highest BCUT2D eigenvalue weighted by Crippen LogP contribution is 2.28. The van der Waals surface area contributed by atoms with Crippen molar-refractivity contribution in [2.24, 2.45) is 0 Å². The van der Waals surface area contributed by atoms with Gasteiger partial charge >= 0.3 is 0 Å². The monoisotopic (exact) mass is 317 g/mol. The quantitative estimate of drug-likeness (QED) is 0.482. The summed E-state index contributed by atoms with van der Waals surface area (Å²) in [7, 11) is -4.30. The molecule has 5 N–H and O–H groups in total. The minimum absolute atomic E-state index is 1.21. The smallest absolute Gasteiger partial charge is 0.271 e. The Bertz CT molecular complexity index is 371. The van der Waals surface area contributed by atoms with Crippen LogP contribution in [0, 0.1) is 0 Å². The molecule has 0 saturated carbocycles. The summed E-state index contributed by atoms with van der Waals surface area (Å²) < 4.78 is 0. The van der Waals surface area contributed by atoms with Gasteiger partial charge in [-0.1, -0.05) is 18.2 Å². The average molecular weight is 318 g/mol. The first-order valence-corrected chi connectivity index (χ1v) is 8.43. The number of benzene rings is 1. The molecule has 2 rings (SSSR count). The van der Waals surface area contributed by atoms with Gasteiger partial charge in [-0.2, -0.15) is 0 Å². The normalized spacial score (nSPS) is 9.65. The molecule has 0 amide bonds. The molecule has 0 aliphatic heterocycles. The summed E-state index contributed by atoms with van der Waals surface area (Å²) in [6.07, 6.45) is 1.95. The Morgan fingerprint density at radius 2 is 1.35 bits per heavy atom. The van der Waals surface area contributed by atoms with Crippen LogP contribution in [0.5, 0.6) is 0 Å². The van der Waals surface area contributed by atoms with Crippen molar-refractivity contribution in [1.29, 1.82) is 0 Å². The first-order chi connectivity index (χ1) is 7.93. The Morgan fingerprint density at radius 1 is 0.882 bits per heavy atom. The fourth-order valence-electron chi connectivity index (χ4n) is 0.995. The zero-order valence-electron chi connectivity index (χ0n) is 8.40. The average Bonchev–Trinajstić information content (AvgIpc) is 2.62. The summed E-state index contributed by atoms with van der Waals surface area (Å²) in [4.78, 5) is 32.9. The molecule has 0 aliphatic rings. The second kappa shape index (κ2) is 10.0. The Kier molecular flexibility index (Phi) is 10.0. The van der Waals surface area contributed by atoms with Crippen molar-refractivity contribution in [3.05, 3.63) is 36.5 Å². The van der Waals surface area contributed by atoms with Crippen LogP contribution < -0.4 is 0 Å². The fourth-order valence-corrected chi connectivity index (χ4v) is 0.995. The zero-order valence-corrected chi connectivity index (χ0v) is 11.7. The van der Waals surface area contributed by atoms with Gasteiger partial charge in [0, 0.05) is 11.7 Å². The standard InChI is InChI=1S/C8H7N.2ClH2O2P/c1-2-4-8-7(3-1)5-6-9-8;2*1-4(2)3/h1-6,9H;2*2-3H. The van der Waals surface area contributed by atoms with Gasteiger partial charge in [-0.15, -0.1) is 0 Å². The maximum atomic E-state index is 7.44. The fraction of sp³-hybridized carbons (Fsp3) is 0. The Balaban J connectivity index is 0.000000274. The van der Waals surface area contributed by atoms with Gasteiger partial charge in [0.25, 0.3) is 15.5 Å². The van der Waals surface area contributed by atoms with E-state index in [2.05, 4.69) is 45.7 Å². The number of aromatic amines is 1. The Morgan fingerprint density at radius 3 is 1.82 bits per heavy atom. The molecule has 0 unspecified atom stereocenters. The Hall–Kier alpha value is 0.0400. The lowest BCUT2D eigenvalue weighted by Gasteiger charge is -1.83. The molecule has 0 spiro atoms. The summed E-state index contributed by atoms with van der Waals surface area (Å²) in [6.45, 7) is 0. The lowest BCUT2D eigenvalue weighted by atomic mass is 10.3. The van der Waals surface area contributed by atoms with Gasteiger partial charge in [-0.25, -0.2) is 0 Å². The molecular weight excluding hydrogens is 307 g/mol. The van der Waals surface area contributed by atoms with Crippen molar-refractivity contribution >= 4 is 48.8 Å². The molecule has 17 heavy (non-hydrogen) atoms. The van der Waals surface area contributed by atoms with E-state index in [0.29, 0.717) is 0 Å². The second-order valence-corrected chi connectivity index (χ2v) is 5.32. The van der Waals surface area contributed by atoms with Gasteiger partial charge in [0.1, 0.15) is 0 Å². The number of nitrogens with one attached hydrogen (secondary N) is 1. The van der Waals surface area contributed by atoms with E-state index in [-0.39, 0.29) is 0 Å². The van der Waals surface area contributed by atoms with Gasteiger partial charge < -0.3 is 24.6 Å². The van der Waals surface area contributed by atoms with Gasteiger partial charge in [-0.3, -0.25) is 0 Å². The summed E-state index contributed by atoms with van der Waals surface area (Å²) in [5, 5.41) is 1.28. The van der Waals surface area contributed by atoms with Crippen molar-refractivity contribution in [2.45, 2.75) is 0 Å². The summed E-state index contributed by atoms with van der Waals surface area (Å²) in [5.74, 6) is 0. The molecule has 0 radical (unpaired) electrons. The number of halogens is 2. The van der Waals surface area contributed by atoms with Crippen LogP contribution in [0.15, 0.2) is 36.5 Å². The second-order valence-electron chi connectivity index (χ2n) is 2.55. The van der Waals surface area contributed by atoms with Crippen molar-refractivity contribution in [1.82, 2.24) is 4.98 Å². The van der Waals surface area contributed by atoms with E-state index in [4.69, 9.17) is 19.6 Å². The molecule has 2 aromatic rings. The number of rotatable bonds is 0. The molecule has 9 heteroatoms. The molecule has 1 heterocycles. The lowest BCUT2D eigenvalue weighted by molar-refractivity contribution is 0.502. The van der Waals surface area contributed by atoms with Crippen molar-refractivity contribution in [3.8, 4) is 0 Å². The molecule has 1 aromatic carbocycles. The predicted molar refractivity (Wildman–Crippen MR) is 72.7 cm³/mol. The number of aromatic nitrogens is 1. The third-order valence-electron chi connectivity index (χ3n) is 1.46. The van der Waals surface area contributed by atoms with E-state index in [1.165, 1.54) is 10.9 Å². The topological polar surface area (TPSA) is 96.7 Å². The van der Waals surface area contributed by atoms with Crippen LogP contribution in [0.25, 0.3) is 10.9 Å². The van der Waals surface area contributed by atoms with Gasteiger partial charge in [0.05, 0.1) is 0 Å². The molecular formula is C8H11Cl2NO4P2. The minimum Gasteiger partial charge on any atom is -0.361 e. The minimum atomic E-state index is -2.15. The maximum absolute atomic E-state index is 7.44. The lowest BCUT2D eigenvalue weighted by Crippen LogP contribution is -1.61. The number of H-pyrrole nitrogens is 1. The summed E-state index contributed by atoms with van der Waals surface area (Å²) in [5.41, 5.74) is 1.21. The Labute approximate surface area is 110 Å².